The summed E-state index contributed by atoms with van der Waals surface area (Å²) in [6.45, 7) is 3.42. The molecule has 2 saturated heterocycles. The zero-order valence-electron chi connectivity index (χ0n) is 11.8. The Kier molecular flexibility index (Phi) is 5.86. The number of aromatic nitrogens is 1. The number of thiazole rings is 1. The number of rotatable bonds is 2. The molecule has 2 fully saturated rings. The lowest BCUT2D eigenvalue weighted by atomic mass is 10.1. The molecule has 2 aliphatic heterocycles. The minimum Gasteiger partial charge on any atom is -0.310 e. The van der Waals surface area contributed by atoms with Crippen LogP contribution in [0, 0.1) is 0 Å². The van der Waals surface area contributed by atoms with Gasteiger partial charge in [-0.1, -0.05) is 12.1 Å². The first kappa shape index (κ1) is 17.0. The van der Waals surface area contributed by atoms with Gasteiger partial charge in [-0.2, -0.15) is 0 Å². The second-order valence-corrected chi connectivity index (χ2v) is 6.85. The number of nitrogens with zero attached hydrogens (tertiary/aromatic N) is 2. The van der Waals surface area contributed by atoms with Crippen molar-refractivity contribution in [3.63, 3.8) is 0 Å². The SMILES string of the molecule is Cl.Cl.c1ccc2sc(CN3CCC4CCC(C3)N4)nc2c1. The number of fused-ring (bicyclic) bond motifs is 3. The molecule has 116 valence electrons. The van der Waals surface area contributed by atoms with E-state index in [9.17, 15) is 0 Å². The van der Waals surface area contributed by atoms with Crippen LogP contribution in [0.2, 0.25) is 0 Å². The first-order chi connectivity index (χ1) is 9.37. The Morgan fingerprint density at radius 3 is 2.81 bits per heavy atom. The van der Waals surface area contributed by atoms with E-state index in [-0.39, 0.29) is 24.8 Å². The lowest BCUT2D eigenvalue weighted by Gasteiger charge is -2.22. The second kappa shape index (κ2) is 7.25. The van der Waals surface area contributed by atoms with Gasteiger partial charge in [0.2, 0.25) is 0 Å². The van der Waals surface area contributed by atoms with E-state index >= 15 is 0 Å². The number of nitrogens with one attached hydrogen (secondary N) is 1. The zero-order chi connectivity index (χ0) is 12.7. The summed E-state index contributed by atoms with van der Waals surface area (Å²) in [6.07, 6.45) is 4.02. The summed E-state index contributed by atoms with van der Waals surface area (Å²) in [4.78, 5) is 7.33. The third-order valence-corrected chi connectivity index (χ3v) is 5.33. The van der Waals surface area contributed by atoms with Gasteiger partial charge in [-0.3, -0.25) is 4.90 Å². The molecule has 1 N–H and O–H groups in total. The van der Waals surface area contributed by atoms with E-state index in [1.165, 1.54) is 42.1 Å². The Bertz CT molecular complexity index is 556. The lowest BCUT2D eigenvalue weighted by molar-refractivity contribution is 0.251. The van der Waals surface area contributed by atoms with Gasteiger partial charge in [-0.15, -0.1) is 36.2 Å². The third kappa shape index (κ3) is 3.69. The summed E-state index contributed by atoms with van der Waals surface area (Å²) in [5.74, 6) is 0. The Labute approximate surface area is 141 Å². The van der Waals surface area contributed by atoms with E-state index in [1.54, 1.807) is 0 Å². The molecule has 0 saturated carbocycles. The van der Waals surface area contributed by atoms with E-state index in [0.717, 1.165) is 18.1 Å². The van der Waals surface area contributed by atoms with Crippen molar-refractivity contribution in [1.82, 2.24) is 15.2 Å². The van der Waals surface area contributed by atoms with Crippen LogP contribution in [0.1, 0.15) is 24.3 Å². The van der Waals surface area contributed by atoms with Crippen LogP contribution >= 0.6 is 36.2 Å². The molecule has 2 aliphatic rings. The molecule has 0 radical (unpaired) electrons. The van der Waals surface area contributed by atoms with Crippen molar-refractivity contribution in [3.05, 3.63) is 29.3 Å². The monoisotopic (exact) mass is 345 g/mol. The topological polar surface area (TPSA) is 28.2 Å². The summed E-state index contributed by atoms with van der Waals surface area (Å²) in [5, 5.41) is 5.00. The number of hydrogen-bond donors (Lipinski definition) is 1. The lowest BCUT2D eigenvalue weighted by Crippen LogP contribution is -2.34. The maximum Gasteiger partial charge on any atom is 0.108 e. The fourth-order valence-corrected chi connectivity index (χ4v) is 4.35. The average Bonchev–Trinajstić information content (AvgIpc) is 2.95. The molecule has 2 bridgehead atoms. The summed E-state index contributed by atoms with van der Waals surface area (Å²) in [7, 11) is 0. The van der Waals surface area contributed by atoms with E-state index in [0.29, 0.717) is 6.04 Å². The Morgan fingerprint density at radius 1 is 1.14 bits per heavy atom. The van der Waals surface area contributed by atoms with Crippen molar-refractivity contribution in [2.75, 3.05) is 13.1 Å². The van der Waals surface area contributed by atoms with Crippen LogP contribution in [0.4, 0.5) is 0 Å². The molecule has 2 atom stereocenters. The van der Waals surface area contributed by atoms with Crippen LogP contribution in [0.25, 0.3) is 10.2 Å². The molecule has 3 heterocycles. The molecule has 6 heteroatoms. The number of para-hydroxylation sites is 1. The first-order valence-electron chi connectivity index (χ1n) is 7.20. The average molecular weight is 346 g/mol. The molecule has 0 spiro atoms. The highest BCUT2D eigenvalue weighted by atomic mass is 35.5. The largest absolute Gasteiger partial charge is 0.310 e. The highest BCUT2D eigenvalue weighted by Gasteiger charge is 2.29. The van der Waals surface area contributed by atoms with Gasteiger partial charge in [-0.05, 0) is 31.4 Å². The normalized spacial score (nSPS) is 25.1. The van der Waals surface area contributed by atoms with Crippen molar-refractivity contribution >= 4 is 46.4 Å². The van der Waals surface area contributed by atoms with Crippen LogP contribution in [0.15, 0.2) is 24.3 Å². The van der Waals surface area contributed by atoms with Gasteiger partial charge in [0.1, 0.15) is 5.01 Å². The van der Waals surface area contributed by atoms with Gasteiger partial charge >= 0.3 is 0 Å². The summed E-state index contributed by atoms with van der Waals surface area (Å²) >= 11 is 1.84. The molecule has 21 heavy (non-hydrogen) atoms. The molecule has 0 aliphatic carbocycles. The maximum atomic E-state index is 4.76. The molecular formula is C15H21Cl2N3S. The van der Waals surface area contributed by atoms with Crippen LogP contribution in [-0.4, -0.2) is 35.1 Å². The minimum absolute atomic E-state index is 0. The fourth-order valence-electron chi connectivity index (χ4n) is 3.34. The van der Waals surface area contributed by atoms with Gasteiger partial charge < -0.3 is 5.32 Å². The highest BCUT2D eigenvalue weighted by Crippen LogP contribution is 2.25. The van der Waals surface area contributed by atoms with Crippen molar-refractivity contribution in [3.8, 4) is 0 Å². The predicted octanol–water partition coefficient (Wildman–Crippen LogP) is 3.47. The van der Waals surface area contributed by atoms with Crippen LogP contribution in [0.3, 0.4) is 0 Å². The molecule has 3 nitrogen and oxygen atoms in total. The zero-order valence-corrected chi connectivity index (χ0v) is 14.3. The summed E-state index contributed by atoms with van der Waals surface area (Å²) in [6, 6.07) is 9.93. The highest BCUT2D eigenvalue weighted by molar-refractivity contribution is 7.18. The van der Waals surface area contributed by atoms with Crippen LogP contribution in [0.5, 0.6) is 0 Å². The molecule has 0 amide bonds. The van der Waals surface area contributed by atoms with Gasteiger partial charge in [-0.25, -0.2) is 4.98 Å². The fraction of sp³-hybridized carbons (Fsp3) is 0.533. The predicted molar refractivity (Wildman–Crippen MR) is 94.0 cm³/mol. The minimum atomic E-state index is 0. The standard InChI is InChI=1S/C15H19N3S.2ClH/c1-2-4-14-13(3-1)17-15(19-14)10-18-8-7-11-5-6-12(9-18)16-11;;/h1-4,11-12,16H,5-10H2;2*1H. The van der Waals surface area contributed by atoms with Crippen molar-refractivity contribution < 1.29 is 0 Å². The van der Waals surface area contributed by atoms with E-state index in [1.807, 2.05) is 11.3 Å². The number of benzene rings is 1. The van der Waals surface area contributed by atoms with Crippen molar-refractivity contribution in [1.29, 1.82) is 0 Å². The smallest absolute Gasteiger partial charge is 0.108 e. The quantitative estimate of drug-likeness (QED) is 0.903. The van der Waals surface area contributed by atoms with Gasteiger partial charge in [0.15, 0.2) is 0 Å². The maximum absolute atomic E-state index is 4.76. The van der Waals surface area contributed by atoms with Crippen molar-refractivity contribution in [2.45, 2.75) is 37.9 Å². The molecule has 1 aromatic carbocycles. The van der Waals surface area contributed by atoms with Gasteiger partial charge in [0.25, 0.3) is 0 Å². The Hall–Kier alpha value is -0.390. The number of likely N-dealkylation sites (tertiary alicyclic amines) is 1. The Balaban J connectivity index is 0.000000807. The van der Waals surface area contributed by atoms with Crippen LogP contribution < -0.4 is 5.32 Å². The van der Waals surface area contributed by atoms with Gasteiger partial charge in [0, 0.05) is 25.2 Å². The molecule has 2 unspecified atom stereocenters. The number of halogens is 2. The Morgan fingerprint density at radius 2 is 1.95 bits per heavy atom. The van der Waals surface area contributed by atoms with Crippen molar-refractivity contribution in [2.24, 2.45) is 0 Å². The molecule has 4 rings (SSSR count). The first-order valence-corrected chi connectivity index (χ1v) is 8.01. The van der Waals surface area contributed by atoms with E-state index < -0.39 is 0 Å². The molecular weight excluding hydrogens is 325 g/mol. The molecule has 2 aromatic rings. The van der Waals surface area contributed by atoms with E-state index in [2.05, 4.69) is 34.5 Å². The number of hydrogen-bond acceptors (Lipinski definition) is 4. The van der Waals surface area contributed by atoms with E-state index in [4.69, 9.17) is 4.98 Å². The second-order valence-electron chi connectivity index (χ2n) is 5.74. The van der Waals surface area contributed by atoms with Gasteiger partial charge in [0.05, 0.1) is 16.8 Å². The summed E-state index contributed by atoms with van der Waals surface area (Å²) < 4.78 is 1.31. The third-order valence-electron chi connectivity index (χ3n) is 4.30. The summed E-state index contributed by atoms with van der Waals surface area (Å²) in [5.41, 5.74) is 1.15. The molecule has 1 aromatic heterocycles. The van der Waals surface area contributed by atoms with Crippen LogP contribution in [-0.2, 0) is 6.54 Å².